The van der Waals surface area contributed by atoms with Gasteiger partial charge in [-0.2, -0.15) is 0 Å². The highest BCUT2D eigenvalue weighted by molar-refractivity contribution is 8.00. The summed E-state index contributed by atoms with van der Waals surface area (Å²) in [5.41, 5.74) is 0.278. The summed E-state index contributed by atoms with van der Waals surface area (Å²) < 4.78 is 26.9. The van der Waals surface area contributed by atoms with Crippen molar-refractivity contribution < 1.29 is 18.4 Å². The van der Waals surface area contributed by atoms with Crippen molar-refractivity contribution in [1.82, 2.24) is 10.2 Å². The molecule has 0 radical (unpaired) electrons. The highest BCUT2D eigenvalue weighted by Crippen LogP contribution is 2.39. The van der Waals surface area contributed by atoms with Gasteiger partial charge in [-0.1, -0.05) is 6.07 Å². The maximum atomic E-state index is 13.9. The van der Waals surface area contributed by atoms with Crippen LogP contribution in [0.2, 0.25) is 0 Å². The molecule has 1 atom stereocenters. The zero-order valence-electron chi connectivity index (χ0n) is 11.9. The standard InChI is InChI=1S/C15H16F2N2O2S/c16-9-1-4-11(12(17)7-9)15-19(14(21)8-22-15)6-5-13(20)18-10-2-3-10/h1,4,7,10,15H,2-3,5-6,8H2,(H,18,20)/t15-/m0/s1. The zero-order chi connectivity index (χ0) is 15.7. The number of carbonyl (C=O) groups excluding carboxylic acids is 2. The van der Waals surface area contributed by atoms with E-state index in [1.54, 1.807) is 0 Å². The van der Waals surface area contributed by atoms with Crippen LogP contribution in [0.5, 0.6) is 0 Å². The maximum Gasteiger partial charge on any atom is 0.233 e. The van der Waals surface area contributed by atoms with Crippen LogP contribution in [-0.2, 0) is 9.59 Å². The van der Waals surface area contributed by atoms with Crippen LogP contribution >= 0.6 is 11.8 Å². The third kappa shape index (κ3) is 3.40. The van der Waals surface area contributed by atoms with Gasteiger partial charge < -0.3 is 10.2 Å². The molecular formula is C15H16F2N2O2S. The Bertz CT molecular complexity index is 607. The topological polar surface area (TPSA) is 49.4 Å². The van der Waals surface area contributed by atoms with Gasteiger partial charge in [-0.25, -0.2) is 8.78 Å². The van der Waals surface area contributed by atoms with E-state index in [4.69, 9.17) is 0 Å². The van der Waals surface area contributed by atoms with Gasteiger partial charge in [0, 0.05) is 30.6 Å². The number of halogens is 2. The summed E-state index contributed by atoms with van der Waals surface area (Å²) >= 11 is 1.29. The molecule has 2 amide bonds. The second-order valence-corrected chi connectivity index (χ2v) is 6.58. The van der Waals surface area contributed by atoms with Gasteiger partial charge in [-0.05, 0) is 18.9 Å². The summed E-state index contributed by atoms with van der Waals surface area (Å²) in [5, 5.41) is 2.36. The molecule has 2 aliphatic rings. The van der Waals surface area contributed by atoms with Crippen molar-refractivity contribution in [3.8, 4) is 0 Å². The molecule has 1 N–H and O–H groups in total. The van der Waals surface area contributed by atoms with E-state index in [-0.39, 0.29) is 42.1 Å². The Morgan fingerprint density at radius 1 is 1.36 bits per heavy atom. The third-order valence-electron chi connectivity index (χ3n) is 3.72. The smallest absolute Gasteiger partial charge is 0.233 e. The predicted molar refractivity (Wildman–Crippen MR) is 79.1 cm³/mol. The molecule has 1 aliphatic heterocycles. The number of amides is 2. The lowest BCUT2D eigenvalue weighted by molar-refractivity contribution is -0.129. The Balaban J connectivity index is 1.67. The Kier molecular flexibility index (Phi) is 4.33. The van der Waals surface area contributed by atoms with Gasteiger partial charge in [-0.3, -0.25) is 9.59 Å². The largest absolute Gasteiger partial charge is 0.353 e. The Labute approximate surface area is 131 Å². The van der Waals surface area contributed by atoms with Crippen LogP contribution in [0.4, 0.5) is 8.78 Å². The molecule has 1 saturated heterocycles. The third-order valence-corrected chi connectivity index (χ3v) is 4.96. The van der Waals surface area contributed by atoms with Crippen LogP contribution in [0, 0.1) is 11.6 Å². The molecule has 1 aliphatic carbocycles. The molecule has 0 unspecified atom stereocenters. The van der Waals surface area contributed by atoms with Crippen molar-refractivity contribution >= 4 is 23.6 Å². The van der Waals surface area contributed by atoms with E-state index in [1.165, 1.54) is 28.8 Å². The van der Waals surface area contributed by atoms with Crippen molar-refractivity contribution in [1.29, 1.82) is 0 Å². The molecule has 118 valence electrons. The van der Waals surface area contributed by atoms with Gasteiger partial charge in [0.05, 0.1) is 5.75 Å². The Hall–Kier alpha value is -1.63. The average molecular weight is 326 g/mol. The number of nitrogens with one attached hydrogen (secondary N) is 1. The monoisotopic (exact) mass is 326 g/mol. The SMILES string of the molecule is O=C(CCN1C(=O)CS[C@H]1c1ccc(F)cc1F)NC1CC1. The predicted octanol–water partition coefficient (Wildman–Crippen LogP) is 2.21. The molecule has 22 heavy (non-hydrogen) atoms. The molecular weight excluding hydrogens is 310 g/mol. The molecule has 0 bridgehead atoms. The fourth-order valence-corrected chi connectivity index (χ4v) is 3.64. The first kappa shape index (κ1) is 15.3. The van der Waals surface area contributed by atoms with Crippen LogP contribution in [0.15, 0.2) is 18.2 Å². The second kappa shape index (κ2) is 6.24. The molecule has 1 aromatic rings. The fourth-order valence-electron chi connectivity index (χ4n) is 2.40. The van der Waals surface area contributed by atoms with Crippen molar-refractivity contribution in [3.05, 3.63) is 35.4 Å². The molecule has 1 heterocycles. The molecule has 0 spiro atoms. The maximum absolute atomic E-state index is 13.9. The van der Waals surface area contributed by atoms with E-state index in [0.29, 0.717) is 0 Å². The summed E-state index contributed by atoms with van der Waals surface area (Å²) in [7, 11) is 0. The first-order valence-electron chi connectivity index (χ1n) is 7.20. The number of hydrogen-bond donors (Lipinski definition) is 1. The minimum Gasteiger partial charge on any atom is -0.353 e. The van der Waals surface area contributed by atoms with Crippen LogP contribution in [-0.4, -0.2) is 35.1 Å². The summed E-state index contributed by atoms with van der Waals surface area (Å²) in [6.45, 7) is 0.242. The lowest BCUT2D eigenvalue weighted by Gasteiger charge is -2.24. The highest BCUT2D eigenvalue weighted by Gasteiger charge is 2.34. The molecule has 4 nitrogen and oxygen atoms in total. The van der Waals surface area contributed by atoms with Gasteiger partial charge in [0.15, 0.2) is 0 Å². The highest BCUT2D eigenvalue weighted by atomic mass is 32.2. The second-order valence-electron chi connectivity index (χ2n) is 5.51. The van der Waals surface area contributed by atoms with E-state index in [2.05, 4.69) is 5.32 Å². The van der Waals surface area contributed by atoms with Crippen molar-refractivity contribution in [2.75, 3.05) is 12.3 Å². The number of hydrogen-bond acceptors (Lipinski definition) is 3. The number of rotatable bonds is 5. The number of nitrogens with zero attached hydrogens (tertiary/aromatic N) is 1. The van der Waals surface area contributed by atoms with Gasteiger partial charge in [0.25, 0.3) is 0 Å². The first-order valence-corrected chi connectivity index (χ1v) is 8.25. The summed E-state index contributed by atoms with van der Waals surface area (Å²) in [5.74, 6) is -1.29. The van der Waals surface area contributed by atoms with Crippen molar-refractivity contribution in [2.24, 2.45) is 0 Å². The van der Waals surface area contributed by atoms with E-state index in [0.717, 1.165) is 18.9 Å². The molecule has 3 rings (SSSR count). The van der Waals surface area contributed by atoms with Gasteiger partial charge in [0.2, 0.25) is 11.8 Å². The van der Waals surface area contributed by atoms with Crippen LogP contribution in [0.1, 0.15) is 30.2 Å². The van der Waals surface area contributed by atoms with Gasteiger partial charge >= 0.3 is 0 Å². The van der Waals surface area contributed by atoms with Crippen LogP contribution in [0.3, 0.4) is 0 Å². The molecule has 7 heteroatoms. The van der Waals surface area contributed by atoms with Crippen molar-refractivity contribution in [3.63, 3.8) is 0 Å². The fraction of sp³-hybridized carbons (Fsp3) is 0.467. The summed E-state index contributed by atoms with van der Waals surface area (Å²) in [4.78, 5) is 25.2. The zero-order valence-corrected chi connectivity index (χ0v) is 12.7. The van der Waals surface area contributed by atoms with E-state index in [1.807, 2.05) is 0 Å². The van der Waals surface area contributed by atoms with Crippen molar-refractivity contribution in [2.45, 2.75) is 30.7 Å². The number of benzene rings is 1. The molecule has 2 fully saturated rings. The van der Waals surface area contributed by atoms with E-state index < -0.39 is 17.0 Å². The average Bonchev–Trinajstić information content (AvgIpc) is 3.19. The van der Waals surface area contributed by atoms with E-state index in [9.17, 15) is 18.4 Å². The lowest BCUT2D eigenvalue weighted by atomic mass is 10.2. The summed E-state index contributed by atoms with van der Waals surface area (Å²) in [6, 6.07) is 3.63. The lowest BCUT2D eigenvalue weighted by Crippen LogP contribution is -2.34. The van der Waals surface area contributed by atoms with Crippen LogP contribution in [0.25, 0.3) is 0 Å². The summed E-state index contributed by atoms with van der Waals surface area (Å²) in [6.07, 6.45) is 2.21. The van der Waals surface area contributed by atoms with E-state index >= 15 is 0 Å². The number of thioether (sulfide) groups is 1. The first-order chi connectivity index (χ1) is 10.5. The van der Waals surface area contributed by atoms with Crippen LogP contribution < -0.4 is 5.32 Å². The quantitative estimate of drug-likeness (QED) is 0.902. The van der Waals surface area contributed by atoms with Gasteiger partial charge in [0.1, 0.15) is 17.0 Å². The molecule has 1 aromatic carbocycles. The Morgan fingerprint density at radius 2 is 2.14 bits per heavy atom. The minimum atomic E-state index is -0.667. The molecule has 1 saturated carbocycles. The normalized spacial score (nSPS) is 21.3. The minimum absolute atomic E-state index is 0.0921. The van der Waals surface area contributed by atoms with Gasteiger partial charge in [-0.15, -0.1) is 11.8 Å². The number of carbonyl (C=O) groups is 2. The molecule has 0 aromatic heterocycles. The Morgan fingerprint density at radius 3 is 2.82 bits per heavy atom.